The lowest BCUT2D eigenvalue weighted by atomic mass is 9.93. The largest absolute Gasteiger partial charge is 0.507 e. The quantitative estimate of drug-likeness (QED) is 0.297. The molecule has 1 saturated heterocycles. The number of Topliss-reactive ketones (excluding diaryl/α,β-unsaturated/α-hetero) is 1. The van der Waals surface area contributed by atoms with Crippen LogP contribution in [-0.2, 0) is 16.0 Å². The van der Waals surface area contributed by atoms with E-state index in [1.165, 1.54) is 24.1 Å². The Hall–Kier alpha value is -3.84. The average molecular weight is 494 g/mol. The van der Waals surface area contributed by atoms with Crippen molar-refractivity contribution in [1.82, 2.24) is 0 Å². The van der Waals surface area contributed by atoms with Gasteiger partial charge in [0.2, 0.25) is 0 Å². The Bertz CT molecular complexity index is 1390. The van der Waals surface area contributed by atoms with Gasteiger partial charge in [-0.3, -0.25) is 14.5 Å². The van der Waals surface area contributed by atoms with Crippen LogP contribution in [0.25, 0.3) is 5.76 Å². The first-order valence-electron chi connectivity index (χ1n) is 11.0. The number of hydrogen-bond donors (Lipinski definition) is 1. The molecule has 1 amide bonds. The Morgan fingerprint density at radius 3 is 2.74 bits per heavy atom. The number of ether oxygens (including phenoxy) is 2. The van der Waals surface area contributed by atoms with Gasteiger partial charge < -0.3 is 14.6 Å². The maximum Gasteiger partial charge on any atom is 0.300 e. The summed E-state index contributed by atoms with van der Waals surface area (Å²) in [5.41, 5.74) is 1.99. The highest BCUT2D eigenvalue weighted by molar-refractivity contribution is 6.51. The molecule has 0 aromatic heterocycles. The third kappa shape index (κ3) is 4.02. The summed E-state index contributed by atoms with van der Waals surface area (Å²) in [6, 6.07) is 14.8. The molecular weight excluding hydrogens is 473 g/mol. The molecule has 1 atom stereocenters. The van der Waals surface area contributed by atoms with Crippen molar-refractivity contribution < 1.29 is 28.6 Å². The molecular formula is C27H21ClFNO5. The minimum absolute atomic E-state index is 0.0830. The summed E-state index contributed by atoms with van der Waals surface area (Å²) in [5.74, 6) is -1.43. The second-order valence-corrected chi connectivity index (χ2v) is 8.73. The number of nitrogens with zero attached hydrogens (tertiary/aromatic N) is 1. The van der Waals surface area contributed by atoms with Gasteiger partial charge in [-0.05, 0) is 72.5 Å². The molecule has 6 nitrogen and oxygen atoms in total. The van der Waals surface area contributed by atoms with Crippen LogP contribution in [0.5, 0.6) is 11.5 Å². The summed E-state index contributed by atoms with van der Waals surface area (Å²) in [7, 11) is 1.50. The molecule has 1 unspecified atom stereocenters. The maximum atomic E-state index is 13.9. The van der Waals surface area contributed by atoms with E-state index < -0.39 is 23.5 Å². The van der Waals surface area contributed by atoms with Crippen molar-refractivity contribution in [2.45, 2.75) is 18.9 Å². The fraction of sp³-hybridized carbons (Fsp3) is 0.185. The highest BCUT2D eigenvalue weighted by Crippen LogP contribution is 2.44. The summed E-state index contributed by atoms with van der Waals surface area (Å²) in [6.07, 6.45) is 1.62. The molecule has 2 aliphatic rings. The number of carbonyl (C=O) groups excluding carboxylic acids is 2. The number of rotatable bonds is 4. The first-order valence-corrected chi connectivity index (χ1v) is 11.4. The normalized spacial score (nSPS) is 18.8. The highest BCUT2D eigenvalue weighted by Gasteiger charge is 2.47. The molecule has 0 aliphatic carbocycles. The number of fused-ring (bicyclic) bond motifs is 1. The predicted octanol–water partition coefficient (Wildman–Crippen LogP) is 5.44. The molecule has 3 aromatic rings. The number of anilines is 1. The summed E-state index contributed by atoms with van der Waals surface area (Å²) >= 11 is 5.99. The van der Waals surface area contributed by atoms with E-state index in [1.807, 2.05) is 0 Å². The first-order chi connectivity index (χ1) is 16.9. The Labute approximate surface area is 206 Å². The number of carbonyl (C=O) groups is 2. The average Bonchev–Trinajstić information content (AvgIpc) is 3.15. The van der Waals surface area contributed by atoms with Gasteiger partial charge in [-0.2, -0.15) is 0 Å². The van der Waals surface area contributed by atoms with Gasteiger partial charge in [0.05, 0.1) is 30.4 Å². The minimum atomic E-state index is -0.987. The van der Waals surface area contributed by atoms with Gasteiger partial charge in [-0.1, -0.05) is 23.7 Å². The highest BCUT2D eigenvalue weighted by atomic mass is 35.5. The lowest BCUT2D eigenvalue weighted by molar-refractivity contribution is -0.132. The molecule has 3 aromatic carbocycles. The number of amides is 1. The standard InChI is InChI=1S/C27H21ClFNO5/c1-34-19-6-2-4-16(13-19)24-23(25(31)17-7-10-22-15(12-17)5-3-11-35-22)26(32)27(33)30(24)18-8-9-21(29)20(28)14-18/h2,4,6-10,12-14,24,31H,3,5,11H2,1H3/b25-23-. The van der Waals surface area contributed by atoms with Crippen molar-refractivity contribution in [3.63, 3.8) is 0 Å². The lowest BCUT2D eigenvalue weighted by Gasteiger charge is -2.26. The summed E-state index contributed by atoms with van der Waals surface area (Å²) in [5, 5.41) is 11.2. The van der Waals surface area contributed by atoms with Crippen molar-refractivity contribution >= 4 is 34.7 Å². The van der Waals surface area contributed by atoms with E-state index in [9.17, 15) is 19.1 Å². The lowest BCUT2D eigenvalue weighted by Crippen LogP contribution is -2.29. The van der Waals surface area contributed by atoms with Crippen LogP contribution in [0, 0.1) is 5.82 Å². The topological polar surface area (TPSA) is 76.1 Å². The molecule has 5 rings (SSSR count). The van der Waals surface area contributed by atoms with Crippen molar-refractivity contribution in [2.24, 2.45) is 0 Å². The van der Waals surface area contributed by atoms with E-state index in [-0.39, 0.29) is 22.0 Å². The molecule has 1 fully saturated rings. The molecule has 1 N–H and O–H groups in total. The van der Waals surface area contributed by atoms with Crippen LogP contribution >= 0.6 is 11.6 Å². The van der Waals surface area contributed by atoms with E-state index in [1.54, 1.807) is 42.5 Å². The van der Waals surface area contributed by atoms with Crippen LogP contribution in [0.1, 0.15) is 29.2 Å². The van der Waals surface area contributed by atoms with Gasteiger partial charge in [0.25, 0.3) is 11.7 Å². The van der Waals surface area contributed by atoms with Crippen LogP contribution < -0.4 is 14.4 Å². The Kier molecular flexibility index (Phi) is 5.94. The van der Waals surface area contributed by atoms with Crippen LogP contribution in [0.4, 0.5) is 10.1 Å². The van der Waals surface area contributed by atoms with E-state index in [4.69, 9.17) is 21.1 Å². The van der Waals surface area contributed by atoms with Gasteiger partial charge in [0.15, 0.2) is 0 Å². The van der Waals surface area contributed by atoms with E-state index >= 15 is 0 Å². The number of hydrogen-bond acceptors (Lipinski definition) is 5. The SMILES string of the molecule is COc1cccc(C2/C(=C(/O)c3ccc4c(c3)CCCO4)C(=O)C(=O)N2c2ccc(F)c(Cl)c2)c1. The summed E-state index contributed by atoms with van der Waals surface area (Å²) in [6.45, 7) is 0.625. The second kappa shape index (κ2) is 9.07. The zero-order valence-corrected chi connectivity index (χ0v) is 19.5. The van der Waals surface area contributed by atoms with Crippen molar-refractivity contribution in [3.8, 4) is 11.5 Å². The predicted molar refractivity (Wildman–Crippen MR) is 129 cm³/mol. The number of aryl methyl sites for hydroxylation is 1. The third-order valence-electron chi connectivity index (χ3n) is 6.22. The van der Waals surface area contributed by atoms with Gasteiger partial charge in [-0.25, -0.2) is 4.39 Å². The third-order valence-corrected chi connectivity index (χ3v) is 6.51. The van der Waals surface area contributed by atoms with Gasteiger partial charge in [-0.15, -0.1) is 0 Å². The maximum absolute atomic E-state index is 13.9. The number of ketones is 1. The first kappa shape index (κ1) is 22.9. The van der Waals surface area contributed by atoms with Gasteiger partial charge in [0, 0.05) is 11.3 Å². The molecule has 0 bridgehead atoms. The van der Waals surface area contributed by atoms with Crippen molar-refractivity contribution in [2.75, 3.05) is 18.6 Å². The molecule has 35 heavy (non-hydrogen) atoms. The van der Waals surface area contributed by atoms with Crippen LogP contribution in [0.3, 0.4) is 0 Å². The van der Waals surface area contributed by atoms with Crippen molar-refractivity contribution in [1.29, 1.82) is 0 Å². The Morgan fingerprint density at radius 2 is 1.97 bits per heavy atom. The number of halogens is 2. The fourth-order valence-corrected chi connectivity index (χ4v) is 4.70. The molecule has 0 radical (unpaired) electrons. The number of aliphatic hydroxyl groups is 1. The number of aliphatic hydroxyl groups excluding tert-OH is 1. The van der Waals surface area contributed by atoms with Crippen LogP contribution in [0.15, 0.2) is 66.2 Å². The second-order valence-electron chi connectivity index (χ2n) is 8.32. The molecule has 0 saturated carbocycles. The van der Waals surface area contributed by atoms with E-state index in [0.717, 1.165) is 30.2 Å². The molecule has 2 aliphatic heterocycles. The van der Waals surface area contributed by atoms with Gasteiger partial charge in [0.1, 0.15) is 23.1 Å². The minimum Gasteiger partial charge on any atom is -0.507 e. The zero-order chi connectivity index (χ0) is 24.7. The number of benzene rings is 3. The van der Waals surface area contributed by atoms with Crippen LogP contribution in [0.2, 0.25) is 5.02 Å². The van der Waals surface area contributed by atoms with Gasteiger partial charge >= 0.3 is 0 Å². The van der Waals surface area contributed by atoms with Crippen LogP contribution in [-0.4, -0.2) is 30.5 Å². The van der Waals surface area contributed by atoms with E-state index in [0.29, 0.717) is 23.5 Å². The molecule has 0 spiro atoms. The summed E-state index contributed by atoms with van der Waals surface area (Å²) in [4.78, 5) is 27.8. The van der Waals surface area contributed by atoms with Crippen molar-refractivity contribution in [3.05, 3.63) is 93.8 Å². The molecule has 2 heterocycles. The van der Waals surface area contributed by atoms with E-state index in [2.05, 4.69) is 0 Å². The zero-order valence-electron chi connectivity index (χ0n) is 18.8. The Balaban J connectivity index is 1.71. The molecule has 178 valence electrons. The number of methoxy groups -OCH3 is 1. The summed E-state index contributed by atoms with van der Waals surface area (Å²) < 4.78 is 24.8. The fourth-order valence-electron chi connectivity index (χ4n) is 4.52. The molecule has 8 heteroatoms. The Morgan fingerprint density at radius 1 is 1.14 bits per heavy atom. The smallest absolute Gasteiger partial charge is 0.300 e. The monoisotopic (exact) mass is 493 g/mol.